The number of hydrogen-bond donors (Lipinski definition) is 1. The summed E-state index contributed by atoms with van der Waals surface area (Å²) >= 11 is 0. The molecule has 1 saturated heterocycles. The Morgan fingerprint density at radius 2 is 2.06 bits per heavy atom. The molecule has 1 N–H and O–H groups in total. The van der Waals surface area contributed by atoms with Crippen LogP contribution < -0.4 is 5.32 Å². The fourth-order valence-corrected chi connectivity index (χ4v) is 2.79. The molecule has 1 amide bonds. The number of rotatable bonds is 4. The summed E-state index contributed by atoms with van der Waals surface area (Å²) in [5.41, 5.74) is 0. The lowest BCUT2D eigenvalue weighted by Crippen LogP contribution is -2.42. The molecule has 94 valence electrons. The van der Waals surface area contributed by atoms with Crippen molar-refractivity contribution >= 4 is 18.3 Å². The smallest absolute Gasteiger partial charge is 0.224 e. The highest BCUT2D eigenvalue weighted by Gasteiger charge is 2.36. The van der Waals surface area contributed by atoms with E-state index in [1.165, 1.54) is 32.1 Å². The van der Waals surface area contributed by atoms with Crippen molar-refractivity contribution in [1.29, 1.82) is 0 Å². The van der Waals surface area contributed by atoms with Crippen LogP contribution in [0.2, 0.25) is 0 Å². The quantitative estimate of drug-likeness (QED) is 0.821. The number of halogens is 1. The molecule has 4 heteroatoms. The molecule has 0 radical (unpaired) electrons. The minimum Gasteiger partial charge on any atom is -0.339 e. The highest BCUT2D eigenvalue weighted by atomic mass is 35.5. The molecule has 0 aromatic rings. The lowest BCUT2D eigenvalue weighted by Gasteiger charge is -2.37. The number of nitrogens with one attached hydrogen (secondary N) is 1. The molecule has 2 rings (SSSR count). The molecule has 0 aromatic carbocycles. The lowest BCUT2D eigenvalue weighted by molar-refractivity contribution is -0.133. The summed E-state index contributed by atoms with van der Waals surface area (Å²) in [6.07, 6.45) is 7.20. The minimum atomic E-state index is 0. The Kier molecular flexibility index (Phi) is 5.56. The van der Waals surface area contributed by atoms with Gasteiger partial charge in [-0.25, -0.2) is 0 Å². The largest absolute Gasteiger partial charge is 0.339 e. The zero-order valence-corrected chi connectivity index (χ0v) is 10.9. The predicted octanol–water partition coefficient (Wildman–Crippen LogP) is 1.81. The number of hydrogen-bond acceptors (Lipinski definition) is 2. The van der Waals surface area contributed by atoms with E-state index in [-0.39, 0.29) is 12.4 Å². The fourth-order valence-electron chi connectivity index (χ4n) is 2.79. The van der Waals surface area contributed by atoms with Crippen molar-refractivity contribution in [3.8, 4) is 0 Å². The molecule has 0 aromatic heterocycles. The van der Waals surface area contributed by atoms with E-state index in [1.807, 2.05) is 7.05 Å². The maximum absolute atomic E-state index is 11.9. The molecular weight excluding hydrogens is 224 g/mol. The van der Waals surface area contributed by atoms with Crippen molar-refractivity contribution in [2.75, 3.05) is 20.1 Å². The van der Waals surface area contributed by atoms with Crippen molar-refractivity contribution in [1.82, 2.24) is 10.2 Å². The molecule has 2 aliphatic rings. The highest BCUT2D eigenvalue weighted by molar-refractivity contribution is 5.85. The molecular formula is C12H23ClN2O. The van der Waals surface area contributed by atoms with Gasteiger partial charge in [0.05, 0.1) is 0 Å². The van der Waals surface area contributed by atoms with Crippen LogP contribution in [0, 0.1) is 5.92 Å². The Morgan fingerprint density at radius 3 is 2.62 bits per heavy atom. The van der Waals surface area contributed by atoms with Crippen LogP contribution in [0.25, 0.3) is 0 Å². The van der Waals surface area contributed by atoms with Gasteiger partial charge in [0, 0.05) is 25.6 Å². The van der Waals surface area contributed by atoms with Gasteiger partial charge in [0.25, 0.3) is 0 Å². The molecule has 1 aliphatic carbocycles. The van der Waals surface area contributed by atoms with Gasteiger partial charge in [0.2, 0.25) is 5.91 Å². The van der Waals surface area contributed by atoms with Gasteiger partial charge in [-0.3, -0.25) is 4.79 Å². The Labute approximate surface area is 104 Å². The monoisotopic (exact) mass is 246 g/mol. The van der Waals surface area contributed by atoms with E-state index < -0.39 is 0 Å². The molecule has 1 atom stereocenters. The first kappa shape index (κ1) is 13.8. The van der Waals surface area contributed by atoms with E-state index in [9.17, 15) is 4.79 Å². The summed E-state index contributed by atoms with van der Waals surface area (Å²) in [7, 11) is 1.90. The van der Waals surface area contributed by atoms with Crippen LogP contribution >= 0.6 is 12.4 Å². The van der Waals surface area contributed by atoms with Gasteiger partial charge in [0.1, 0.15) is 0 Å². The van der Waals surface area contributed by atoms with Gasteiger partial charge in [-0.15, -0.1) is 12.4 Å². The topological polar surface area (TPSA) is 32.3 Å². The van der Waals surface area contributed by atoms with E-state index in [0.29, 0.717) is 18.4 Å². The zero-order chi connectivity index (χ0) is 10.7. The molecule has 1 saturated carbocycles. The van der Waals surface area contributed by atoms with Crippen molar-refractivity contribution in [2.24, 2.45) is 5.92 Å². The summed E-state index contributed by atoms with van der Waals surface area (Å²) < 4.78 is 0. The minimum absolute atomic E-state index is 0. The van der Waals surface area contributed by atoms with E-state index in [4.69, 9.17) is 0 Å². The van der Waals surface area contributed by atoms with E-state index in [1.54, 1.807) is 0 Å². The summed E-state index contributed by atoms with van der Waals surface area (Å²) in [6, 6.07) is 0.586. The third kappa shape index (κ3) is 2.89. The third-order valence-electron chi connectivity index (χ3n) is 3.90. The Morgan fingerprint density at radius 1 is 1.31 bits per heavy atom. The molecule has 2 fully saturated rings. The molecule has 0 spiro atoms. The summed E-state index contributed by atoms with van der Waals surface area (Å²) in [5.74, 6) is 1.18. The summed E-state index contributed by atoms with van der Waals surface area (Å²) in [6.45, 7) is 1.82. The standard InChI is InChI=1S/C12H22N2O.ClH/c1-13-8-7-12(15)14-9-3-6-11(14)10-4-2-5-10;/h10-11,13H,2-9H2,1H3;1H. The van der Waals surface area contributed by atoms with Gasteiger partial charge in [-0.2, -0.15) is 0 Å². The molecule has 1 heterocycles. The average molecular weight is 247 g/mol. The normalized spacial score (nSPS) is 25.1. The zero-order valence-electron chi connectivity index (χ0n) is 10.1. The van der Waals surface area contributed by atoms with Crippen LogP contribution in [0.3, 0.4) is 0 Å². The predicted molar refractivity (Wildman–Crippen MR) is 67.9 cm³/mol. The SMILES string of the molecule is CNCCC(=O)N1CCCC1C1CCC1.Cl. The summed E-state index contributed by atoms with van der Waals surface area (Å²) in [5, 5.41) is 3.05. The molecule has 1 aliphatic heterocycles. The van der Waals surface area contributed by atoms with Crippen molar-refractivity contribution in [2.45, 2.75) is 44.6 Å². The Bertz CT molecular complexity index is 231. The first-order valence-corrected chi connectivity index (χ1v) is 6.27. The maximum atomic E-state index is 11.9. The Hall–Kier alpha value is -0.280. The number of carbonyl (C=O) groups is 1. The Balaban J connectivity index is 0.00000128. The molecule has 0 bridgehead atoms. The van der Waals surface area contributed by atoms with Crippen molar-refractivity contribution in [3.63, 3.8) is 0 Å². The second kappa shape index (κ2) is 6.45. The van der Waals surface area contributed by atoms with Crippen molar-refractivity contribution in [3.05, 3.63) is 0 Å². The van der Waals surface area contributed by atoms with E-state index >= 15 is 0 Å². The maximum Gasteiger partial charge on any atom is 0.224 e. The van der Waals surface area contributed by atoms with E-state index in [0.717, 1.165) is 19.0 Å². The molecule has 16 heavy (non-hydrogen) atoms. The first-order chi connectivity index (χ1) is 7.33. The van der Waals surface area contributed by atoms with Gasteiger partial charge in [-0.1, -0.05) is 6.42 Å². The third-order valence-corrected chi connectivity index (χ3v) is 3.90. The number of carbonyl (C=O) groups excluding carboxylic acids is 1. The average Bonchev–Trinajstić information content (AvgIpc) is 2.60. The van der Waals surface area contributed by atoms with Crippen LogP contribution in [-0.4, -0.2) is 37.0 Å². The second-order valence-electron chi connectivity index (χ2n) is 4.84. The van der Waals surface area contributed by atoms with Gasteiger partial charge in [0.15, 0.2) is 0 Å². The van der Waals surface area contributed by atoms with Crippen LogP contribution in [0.5, 0.6) is 0 Å². The van der Waals surface area contributed by atoms with Gasteiger partial charge in [-0.05, 0) is 38.6 Å². The van der Waals surface area contributed by atoms with Crippen LogP contribution in [0.15, 0.2) is 0 Å². The number of nitrogens with zero attached hydrogens (tertiary/aromatic N) is 1. The summed E-state index contributed by atoms with van der Waals surface area (Å²) in [4.78, 5) is 14.1. The number of likely N-dealkylation sites (tertiary alicyclic amines) is 1. The lowest BCUT2D eigenvalue weighted by atomic mass is 9.79. The van der Waals surface area contributed by atoms with Crippen LogP contribution in [0.4, 0.5) is 0 Å². The fraction of sp³-hybridized carbons (Fsp3) is 0.917. The van der Waals surface area contributed by atoms with Gasteiger partial charge >= 0.3 is 0 Å². The van der Waals surface area contributed by atoms with Crippen LogP contribution in [0.1, 0.15) is 38.5 Å². The van der Waals surface area contributed by atoms with Gasteiger partial charge < -0.3 is 10.2 Å². The first-order valence-electron chi connectivity index (χ1n) is 6.27. The van der Waals surface area contributed by atoms with Crippen molar-refractivity contribution < 1.29 is 4.79 Å². The van der Waals surface area contributed by atoms with E-state index in [2.05, 4.69) is 10.2 Å². The molecule has 3 nitrogen and oxygen atoms in total. The highest BCUT2D eigenvalue weighted by Crippen LogP contribution is 2.37. The second-order valence-corrected chi connectivity index (χ2v) is 4.84. The number of amides is 1. The molecule has 1 unspecified atom stereocenters. The van der Waals surface area contributed by atoms with Crippen LogP contribution in [-0.2, 0) is 4.79 Å².